The maximum atomic E-state index is 4.61. The zero-order chi connectivity index (χ0) is 13.2. The Morgan fingerprint density at radius 2 is 2.00 bits per heavy atom. The summed E-state index contributed by atoms with van der Waals surface area (Å²) in [6.45, 7) is 6.57. The molecule has 1 aromatic rings. The van der Waals surface area contributed by atoms with Gasteiger partial charge in [-0.3, -0.25) is 4.98 Å². The van der Waals surface area contributed by atoms with E-state index in [-0.39, 0.29) is 0 Å². The number of nitrogens with one attached hydrogen (secondary N) is 1. The minimum Gasteiger partial charge on any atom is -0.352 e. The fraction of sp³-hybridized carbons (Fsp3) is 0.733. The van der Waals surface area contributed by atoms with Gasteiger partial charge in [0.05, 0.1) is 18.1 Å². The zero-order valence-electron chi connectivity index (χ0n) is 12.0. The molecule has 1 aromatic heterocycles. The molecule has 1 aliphatic carbocycles. The number of anilines is 1. The summed E-state index contributed by atoms with van der Waals surface area (Å²) in [5.74, 6) is 1.79. The van der Waals surface area contributed by atoms with E-state index in [1.165, 1.54) is 25.7 Å². The van der Waals surface area contributed by atoms with Crippen LogP contribution in [0.2, 0.25) is 0 Å². The fourth-order valence-electron chi connectivity index (χ4n) is 2.73. The second kappa shape index (κ2) is 5.45. The van der Waals surface area contributed by atoms with Gasteiger partial charge in [-0.25, -0.2) is 4.98 Å². The molecule has 2 atom stereocenters. The molecule has 2 aliphatic rings. The van der Waals surface area contributed by atoms with Gasteiger partial charge in [-0.2, -0.15) is 0 Å². The lowest BCUT2D eigenvalue weighted by Gasteiger charge is -2.37. The van der Waals surface area contributed by atoms with E-state index < -0.39 is 0 Å². The fourth-order valence-corrected chi connectivity index (χ4v) is 2.73. The minimum absolute atomic E-state index is 0.584. The van der Waals surface area contributed by atoms with Crippen LogP contribution in [-0.4, -0.2) is 28.6 Å². The highest BCUT2D eigenvalue weighted by molar-refractivity contribution is 5.38. The topological polar surface area (TPSA) is 41.1 Å². The summed E-state index contributed by atoms with van der Waals surface area (Å²) < 4.78 is 0. The molecule has 0 aromatic carbocycles. The van der Waals surface area contributed by atoms with Gasteiger partial charge >= 0.3 is 0 Å². The third kappa shape index (κ3) is 3.24. The number of aromatic nitrogens is 2. The van der Waals surface area contributed by atoms with E-state index >= 15 is 0 Å². The number of hydrogen-bond donors (Lipinski definition) is 1. The summed E-state index contributed by atoms with van der Waals surface area (Å²) in [7, 11) is 0. The van der Waals surface area contributed by atoms with Crippen molar-refractivity contribution in [1.82, 2.24) is 15.3 Å². The van der Waals surface area contributed by atoms with Crippen molar-refractivity contribution in [2.45, 2.75) is 58.2 Å². The highest BCUT2D eigenvalue weighted by atomic mass is 15.2. The van der Waals surface area contributed by atoms with Gasteiger partial charge in [-0.1, -0.05) is 6.92 Å². The minimum atomic E-state index is 0.584. The van der Waals surface area contributed by atoms with E-state index in [4.69, 9.17) is 0 Å². The van der Waals surface area contributed by atoms with Crippen LogP contribution < -0.4 is 10.2 Å². The SMILES string of the molecule is CC1CCC(C)N(c2cnc(CNC3CC3)cn2)C1. The number of hydrogen-bond acceptors (Lipinski definition) is 4. The van der Waals surface area contributed by atoms with Crippen molar-refractivity contribution in [3.8, 4) is 0 Å². The van der Waals surface area contributed by atoms with Crippen LogP contribution in [0.25, 0.3) is 0 Å². The first-order valence-electron chi connectivity index (χ1n) is 7.53. The molecule has 104 valence electrons. The van der Waals surface area contributed by atoms with Crippen LogP contribution in [0, 0.1) is 5.92 Å². The Balaban J connectivity index is 1.63. The van der Waals surface area contributed by atoms with Crippen LogP contribution in [0.15, 0.2) is 12.4 Å². The third-order valence-electron chi connectivity index (χ3n) is 4.25. The highest BCUT2D eigenvalue weighted by Gasteiger charge is 2.24. The van der Waals surface area contributed by atoms with E-state index in [1.54, 1.807) is 0 Å². The van der Waals surface area contributed by atoms with Crippen molar-refractivity contribution in [2.24, 2.45) is 5.92 Å². The van der Waals surface area contributed by atoms with Crippen molar-refractivity contribution < 1.29 is 0 Å². The lowest BCUT2D eigenvalue weighted by molar-refractivity contribution is 0.388. The van der Waals surface area contributed by atoms with Gasteiger partial charge in [0.25, 0.3) is 0 Å². The van der Waals surface area contributed by atoms with E-state index in [0.717, 1.165) is 36.6 Å². The summed E-state index contributed by atoms with van der Waals surface area (Å²) in [6, 6.07) is 1.31. The summed E-state index contributed by atoms with van der Waals surface area (Å²) >= 11 is 0. The maximum Gasteiger partial charge on any atom is 0.147 e. The lowest BCUT2D eigenvalue weighted by Crippen LogP contribution is -2.41. The molecule has 2 heterocycles. The Labute approximate surface area is 115 Å². The first-order valence-corrected chi connectivity index (χ1v) is 7.53. The Bertz CT molecular complexity index is 413. The average molecular weight is 260 g/mol. The zero-order valence-corrected chi connectivity index (χ0v) is 12.0. The van der Waals surface area contributed by atoms with Crippen LogP contribution in [0.1, 0.15) is 45.2 Å². The monoisotopic (exact) mass is 260 g/mol. The molecule has 4 heteroatoms. The smallest absolute Gasteiger partial charge is 0.147 e. The van der Waals surface area contributed by atoms with E-state index in [1.807, 2.05) is 12.4 Å². The summed E-state index contributed by atoms with van der Waals surface area (Å²) in [5, 5.41) is 3.47. The molecule has 0 bridgehead atoms. The molecular weight excluding hydrogens is 236 g/mol. The maximum absolute atomic E-state index is 4.61. The van der Waals surface area contributed by atoms with Crippen molar-refractivity contribution in [2.75, 3.05) is 11.4 Å². The number of piperidine rings is 1. The second-order valence-corrected chi connectivity index (χ2v) is 6.21. The van der Waals surface area contributed by atoms with Crippen LogP contribution in [0.5, 0.6) is 0 Å². The Morgan fingerprint density at radius 1 is 1.16 bits per heavy atom. The highest BCUT2D eigenvalue weighted by Crippen LogP contribution is 2.25. The average Bonchev–Trinajstić information content (AvgIpc) is 3.24. The van der Waals surface area contributed by atoms with Gasteiger partial charge in [0, 0.05) is 25.2 Å². The van der Waals surface area contributed by atoms with Crippen LogP contribution in [0.3, 0.4) is 0 Å². The van der Waals surface area contributed by atoms with Crippen molar-refractivity contribution in [1.29, 1.82) is 0 Å². The summed E-state index contributed by atoms with van der Waals surface area (Å²) in [5.41, 5.74) is 1.05. The van der Waals surface area contributed by atoms with Crippen LogP contribution >= 0.6 is 0 Å². The molecule has 1 aliphatic heterocycles. The molecular formula is C15H24N4. The molecule has 3 rings (SSSR count). The standard InChI is InChI=1S/C15H24N4/c1-11-3-4-12(2)19(10-11)15-9-17-14(8-18-15)7-16-13-5-6-13/h8-9,11-13,16H,3-7,10H2,1-2H3. The first-order chi connectivity index (χ1) is 9.22. The molecule has 2 unspecified atom stereocenters. The van der Waals surface area contributed by atoms with Crippen LogP contribution in [-0.2, 0) is 6.54 Å². The Morgan fingerprint density at radius 3 is 2.68 bits per heavy atom. The van der Waals surface area contributed by atoms with Crippen molar-refractivity contribution >= 4 is 5.82 Å². The van der Waals surface area contributed by atoms with Gasteiger partial charge < -0.3 is 10.2 Å². The first kappa shape index (κ1) is 12.9. The Kier molecular flexibility index (Phi) is 3.69. The summed E-state index contributed by atoms with van der Waals surface area (Å²) in [4.78, 5) is 11.6. The summed E-state index contributed by atoms with van der Waals surface area (Å²) in [6.07, 6.45) is 9.08. The molecule has 19 heavy (non-hydrogen) atoms. The van der Waals surface area contributed by atoms with Crippen molar-refractivity contribution in [3.63, 3.8) is 0 Å². The predicted molar refractivity (Wildman–Crippen MR) is 77.1 cm³/mol. The van der Waals surface area contributed by atoms with Crippen LogP contribution in [0.4, 0.5) is 5.82 Å². The van der Waals surface area contributed by atoms with E-state index in [2.05, 4.69) is 34.0 Å². The van der Waals surface area contributed by atoms with E-state index in [9.17, 15) is 0 Å². The molecule has 4 nitrogen and oxygen atoms in total. The van der Waals surface area contributed by atoms with Gasteiger partial charge in [0.2, 0.25) is 0 Å². The molecule has 1 N–H and O–H groups in total. The molecule has 0 amide bonds. The normalized spacial score (nSPS) is 27.6. The molecule has 1 saturated heterocycles. The predicted octanol–water partition coefficient (Wildman–Crippen LogP) is 2.35. The molecule has 1 saturated carbocycles. The lowest BCUT2D eigenvalue weighted by atomic mass is 9.95. The van der Waals surface area contributed by atoms with Gasteiger partial charge in [-0.05, 0) is 38.5 Å². The molecule has 0 radical (unpaired) electrons. The van der Waals surface area contributed by atoms with E-state index in [0.29, 0.717) is 6.04 Å². The largest absolute Gasteiger partial charge is 0.352 e. The molecule has 2 fully saturated rings. The number of nitrogens with zero attached hydrogens (tertiary/aromatic N) is 3. The second-order valence-electron chi connectivity index (χ2n) is 6.21. The number of rotatable bonds is 4. The molecule has 0 spiro atoms. The van der Waals surface area contributed by atoms with Crippen molar-refractivity contribution in [3.05, 3.63) is 18.1 Å². The Hall–Kier alpha value is -1.16. The van der Waals surface area contributed by atoms with Gasteiger partial charge in [0.1, 0.15) is 5.82 Å². The van der Waals surface area contributed by atoms with Gasteiger partial charge in [0.15, 0.2) is 0 Å². The van der Waals surface area contributed by atoms with Gasteiger partial charge in [-0.15, -0.1) is 0 Å². The quantitative estimate of drug-likeness (QED) is 0.902. The third-order valence-corrected chi connectivity index (χ3v) is 4.25.